The molecule has 2 heterocycles. The van der Waals surface area contributed by atoms with E-state index >= 15 is 0 Å². The zero-order valence-corrected chi connectivity index (χ0v) is 16.9. The van der Waals surface area contributed by atoms with Crippen LogP contribution in [0.2, 0.25) is 0 Å². The molecule has 1 aliphatic rings. The maximum atomic E-state index is 14.6. The van der Waals surface area contributed by atoms with Crippen LogP contribution in [0.5, 0.6) is 0 Å². The van der Waals surface area contributed by atoms with Crippen LogP contribution in [0.4, 0.5) is 10.1 Å². The van der Waals surface area contributed by atoms with E-state index in [1.165, 1.54) is 4.88 Å². The molecule has 1 aliphatic heterocycles. The molecule has 5 nitrogen and oxygen atoms in total. The van der Waals surface area contributed by atoms with Crippen molar-refractivity contribution in [3.05, 3.63) is 52.0 Å². The molecule has 3 rings (SSSR count). The maximum absolute atomic E-state index is 14.6. The van der Waals surface area contributed by atoms with Crippen molar-refractivity contribution in [2.75, 3.05) is 44.7 Å². The summed E-state index contributed by atoms with van der Waals surface area (Å²) in [6.45, 7) is 8.23. The topological polar surface area (TPSA) is 42.9 Å². The van der Waals surface area contributed by atoms with Gasteiger partial charge in [0.25, 0.3) is 0 Å². The van der Waals surface area contributed by atoms with E-state index in [0.29, 0.717) is 18.2 Å². The van der Waals surface area contributed by atoms with Gasteiger partial charge in [-0.25, -0.2) is 4.39 Å². The molecule has 0 unspecified atom stereocenters. The molecular formula is C20H28FN5S. The minimum Gasteiger partial charge on any atom is -0.367 e. The lowest BCUT2D eigenvalue weighted by molar-refractivity contribution is 0.270. The van der Waals surface area contributed by atoms with E-state index < -0.39 is 0 Å². The highest BCUT2D eigenvalue weighted by Gasteiger charge is 2.18. The lowest BCUT2D eigenvalue weighted by atomic mass is 10.1. The van der Waals surface area contributed by atoms with E-state index in [9.17, 15) is 4.39 Å². The molecular weight excluding hydrogens is 361 g/mol. The zero-order valence-electron chi connectivity index (χ0n) is 16.0. The van der Waals surface area contributed by atoms with Gasteiger partial charge in [-0.1, -0.05) is 19.1 Å². The van der Waals surface area contributed by atoms with E-state index in [4.69, 9.17) is 0 Å². The molecule has 2 aromatic rings. The summed E-state index contributed by atoms with van der Waals surface area (Å²) in [5.74, 6) is 0.560. The molecule has 1 aromatic heterocycles. The predicted octanol–water partition coefficient (Wildman–Crippen LogP) is 2.89. The molecule has 0 bridgehead atoms. The minimum absolute atomic E-state index is 0.152. The Morgan fingerprint density at radius 3 is 2.56 bits per heavy atom. The van der Waals surface area contributed by atoms with Crippen LogP contribution in [0.15, 0.2) is 40.7 Å². The monoisotopic (exact) mass is 389 g/mol. The molecule has 146 valence electrons. The van der Waals surface area contributed by atoms with E-state index in [1.807, 2.05) is 18.2 Å². The highest BCUT2D eigenvalue weighted by atomic mass is 32.1. The van der Waals surface area contributed by atoms with Crippen LogP contribution in [0, 0.1) is 5.82 Å². The lowest BCUT2D eigenvalue weighted by Crippen LogP contribution is -2.46. The Hall–Kier alpha value is -2.12. The summed E-state index contributed by atoms with van der Waals surface area (Å²) < 4.78 is 14.6. The van der Waals surface area contributed by atoms with Gasteiger partial charge in [0.05, 0.1) is 12.2 Å². The molecule has 7 heteroatoms. The van der Waals surface area contributed by atoms with Crippen LogP contribution in [-0.2, 0) is 13.1 Å². The van der Waals surface area contributed by atoms with Crippen molar-refractivity contribution in [3.63, 3.8) is 0 Å². The Morgan fingerprint density at radius 1 is 1.15 bits per heavy atom. The van der Waals surface area contributed by atoms with Crippen molar-refractivity contribution < 1.29 is 4.39 Å². The van der Waals surface area contributed by atoms with Crippen LogP contribution in [-0.4, -0.2) is 50.6 Å². The average Bonchev–Trinajstić information content (AvgIpc) is 3.22. The number of anilines is 1. The smallest absolute Gasteiger partial charge is 0.191 e. The lowest BCUT2D eigenvalue weighted by Gasteiger charge is -2.35. The summed E-state index contributed by atoms with van der Waals surface area (Å²) in [5, 5.41) is 8.57. The van der Waals surface area contributed by atoms with Gasteiger partial charge >= 0.3 is 0 Å². The van der Waals surface area contributed by atoms with Gasteiger partial charge in [-0.15, -0.1) is 11.3 Å². The van der Waals surface area contributed by atoms with Gasteiger partial charge < -0.3 is 20.4 Å². The highest BCUT2D eigenvalue weighted by molar-refractivity contribution is 7.09. The van der Waals surface area contributed by atoms with Gasteiger partial charge in [0.15, 0.2) is 5.96 Å². The maximum Gasteiger partial charge on any atom is 0.191 e. The van der Waals surface area contributed by atoms with Gasteiger partial charge in [0, 0.05) is 44.6 Å². The first-order chi connectivity index (χ1) is 13.2. The molecule has 0 aliphatic carbocycles. The van der Waals surface area contributed by atoms with E-state index in [1.54, 1.807) is 24.5 Å². The van der Waals surface area contributed by atoms with Crippen molar-refractivity contribution in [3.8, 4) is 0 Å². The number of halogens is 1. The van der Waals surface area contributed by atoms with Crippen LogP contribution in [0.1, 0.15) is 17.4 Å². The first kappa shape index (κ1) is 19.6. The Labute approximate surface area is 164 Å². The number of nitrogens with one attached hydrogen (secondary N) is 2. The second-order valence-electron chi connectivity index (χ2n) is 6.57. The van der Waals surface area contributed by atoms with Crippen LogP contribution >= 0.6 is 11.3 Å². The fraction of sp³-hybridized carbons (Fsp3) is 0.450. The molecule has 0 spiro atoms. The number of aliphatic imine (C=N–C) groups is 1. The summed E-state index contributed by atoms with van der Waals surface area (Å²) in [6, 6.07) is 9.63. The molecule has 27 heavy (non-hydrogen) atoms. The first-order valence-electron chi connectivity index (χ1n) is 9.42. The van der Waals surface area contributed by atoms with Crippen molar-refractivity contribution in [2.24, 2.45) is 4.99 Å². The first-order valence-corrected chi connectivity index (χ1v) is 10.3. The molecule has 1 fully saturated rings. The molecule has 0 saturated carbocycles. The second-order valence-corrected chi connectivity index (χ2v) is 7.60. The zero-order chi connectivity index (χ0) is 19.1. The minimum atomic E-state index is -0.152. The summed E-state index contributed by atoms with van der Waals surface area (Å²) >= 11 is 1.71. The highest BCUT2D eigenvalue weighted by Crippen LogP contribution is 2.22. The number of thiophene rings is 1. The fourth-order valence-electron chi connectivity index (χ4n) is 3.21. The third-order valence-electron chi connectivity index (χ3n) is 4.87. The number of benzene rings is 1. The Morgan fingerprint density at radius 2 is 1.93 bits per heavy atom. The fourth-order valence-corrected chi connectivity index (χ4v) is 3.86. The van der Waals surface area contributed by atoms with Crippen molar-refractivity contribution in [2.45, 2.75) is 20.0 Å². The third-order valence-corrected chi connectivity index (χ3v) is 5.74. The number of hydrogen-bond donors (Lipinski definition) is 2. The van der Waals surface area contributed by atoms with Crippen molar-refractivity contribution in [1.82, 2.24) is 15.5 Å². The Bertz CT molecular complexity index is 739. The molecule has 1 saturated heterocycles. The number of piperazine rings is 1. The van der Waals surface area contributed by atoms with Crippen LogP contribution < -0.4 is 15.5 Å². The second kappa shape index (κ2) is 9.71. The SMILES string of the molecule is CCN1CCN(c2ccc(CNC(=NC)NCc3cccs3)cc2F)CC1. The van der Waals surface area contributed by atoms with Crippen LogP contribution in [0.3, 0.4) is 0 Å². The van der Waals surface area contributed by atoms with E-state index in [0.717, 1.165) is 44.8 Å². The number of rotatable bonds is 6. The predicted molar refractivity (Wildman–Crippen MR) is 112 cm³/mol. The Kier molecular flexibility index (Phi) is 7.06. The number of hydrogen-bond acceptors (Lipinski definition) is 4. The van der Waals surface area contributed by atoms with Gasteiger partial charge in [-0.3, -0.25) is 4.99 Å². The molecule has 0 radical (unpaired) electrons. The molecule has 2 N–H and O–H groups in total. The molecule has 0 atom stereocenters. The quantitative estimate of drug-likeness (QED) is 0.589. The number of nitrogens with zero attached hydrogens (tertiary/aromatic N) is 3. The largest absolute Gasteiger partial charge is 0.367 e. The van der Waals surface area contributed by atoms with Gasteiger partial charge in [0.2, 0.25) is 0 Å². The normalized spacial score (nSPS) is 15.8. The van der Waals surface area contributed by atoms with Crippen LogP contribution in [0.25, 0.3) is 0 Å². The van der Waals surface area contributed by atoms with E-state index in [-0.39, 0.29) is 5.82 Å². The summed E-state index contributed by atoms with van der Waals surface area (Å²) in [6.07, 6.45) is 0. The Balaban J connectivity index is 1.52. The average molecular weight is 390 g/mol. The van der Waals surface area contributed by atoms with Gasteiger partial charge in [0.1, 0.15) is 5.82 Å². The van der Waals surface area contributed by atoms with Gasteiger partial charge in [-0.05, 0) is 35.7 Å². The number of guanidine groups is 1. The van der Waals surface area contributed by atoms with Crippen molar-refractivity contribution >= 4 is 23.0 Å². The summed E-state index contributed by atoms with van der Waals surface area (Å²) in [5.41, 5.74) is 1.61. The molecule has 1 aromatic carbocycles. The summed E-state index contributed by atoms with van der Waals surface area (Å²) in [4.78, 5) is 10.00. The van der Waals surface area contributed by atoms with E-state index in [2.05, 4.69) is 43.8 Å². The third kappa shape index (κ3) is 5.43. The number of likely N-dealkylation sites (N-methyl/N-ethyl adjacent to an activating group) is 1. The molecule has 0 amide bonds. The standard InChI is InChI=1S/C20H28FN5S/c1-3-25-8-10-26(11-9-25)19-7-6-16(13-18(19)21)14-23-20(22-2)24-15-17-5-4-12-27-17/h4-7,12-13H,3,8-11,14-15H2,1-2H3,(H2,22,23,24). The van der Waals surface area contributed by atoms with Crippen molar-refractivity contribution in [1.29, 1.82) is 0 Å². The summed E-state index contributed by atoms with van der Waals surface area (Å²) in [7, 11) is 1.74. The van der Waals surface area contributed by atoms with Gasteiger partial charge in [-0.2, -0.15) is 0 Å².